The number of aliphatic imine (C=N–C) groups is 1. The molecule has 0 spiro atoms. The van der Waals surface area contributed by atoms with Crippen LogP contribution in [0.25, 0.3) is 0 Å². The highest BCUT2D eigenvalue weighted by molar-refractivity contribution is 14.0. The molecule has 0 amide bonds. The zero-order valence-electron chi connectivity index (χ0n) is 18.2. The second-order valence-electron chi connectivity index (χ2n) is 6.90. The minimum absolute atomic E-state index is 0. The highest BCUT2D eigenvalue weighted by Crippen LogP contribution is 2.18. The highest BCUT2D eigenvalue weighted by Gasteiger charge is 2.11. The van der Waals surface area contributed by atoms with Gasteiger partial charge in [-0.1, -0.05) is 24.3 Å². The van der Waals surface area contributed by atoms with Crippen LogP contribution in [0.4, 0.5) is 4.39 Å². The summed E-state index contributed by atoms with van der Waals surface area (Å²) in [5.41, 5.74) is 2.21. The molecule has 0 heterocycles. The van der Waals surface area contributed by atoms with E-state index in [0.29, 0.717) is 36.8 Å². The zero-order valence-corrected chi connectivity index (χ0v) is 21.3. The molecule has 0 saturated heterocycles. The van der Waals surface area contributed by atoms with Gasteiger partial charge in [0, 0.05) is 19.3 Å². The summed E-state index contributed by atoms with van der Waals surface area (Å²) in [5.74, 6) is 0.897. The van der Waals surface area contributed by atoms with Gasteiger partial charge in [-0.2, -0.15) is 0 Å². The fourth-order valence-corrected chi connectivity index (χ4v) is 3.84. The van der Waals surface area contributed by atoms with E-state index in [1.165, 1.54) is 18.2 Å². The lowest BCUT2D eigenvalue weighted by atomic mass is 10.1. The van der Waals surface area contributed by atoms with Gasteiger partial charge in [-0.25, -0.2) is 17.8 Å². The molecule has 2 N–H and O–H groups in total. The second-order valence-corrected chi connectivity index (χ2v) is 9.04. The fraction of sp³-hybridized carbons (Fsp3) is 0.409. The molecule has 9 heteroatoms. The van der Waals surface area contributed by atoms with Crippen LogP contribution in [0.3, 0.4) is 0 Å². The lowest BCUT2D eigenvalue weighted by Crippen LogP contribution is -2.38. The minimum Gasteiger partial charge on any atom is -0.494 e. The molecular weight excluding hydrogens is 532 g/mol. The van der Waals surface area contributed by atoms with Crippen molar-refractivity contribution in [2.75, 3.05) is 26.0 Å². The van der Waals surface area contributed by atoms with Crippen LogP contribution in [0.2, 0.25) is 0 Å². The quantitative estimate of drug-likeness (QED) is 0.262. The Bertz CT molecular complexity index is 968. The molecule has 0 bridgehead atoms. The maximum absolute atomic E-state index is 13.7. The Hall–Kier alpha value is -1.88. The first kappa shape index (κ1) is 27.2. The van der Waals surface area contributed by atoms with E-state index in [1.54, 1.807) is 0 Å². The van der Waals surface area contributed by atoms with Crippen molar-refractivity contribution in [3.05, 3.63) is 65.0 Å². The normalized spacial score (nSPS) is 11.5. The molecule has 0 radical (unpaired) electrons. The molecule has 6 nitrogen and oxygen atoms in total. The van der Waals surface area contributed by atoms with Crippen molar-refractivity contribution >= 4 is 39.8 Å². The molecule has 0 aliphatic carbocycles. The fourth-order valence-electron chi connectivity index (χ4n) is 2.99. The van der Waals surface area contributed by atoms with E-state index in [1.807, 2.05) is 38.1 Å². The predicted molar refractivity (Wildman–Crippen MR) is 134 cm³/mol. The van der Waals surface area contributed by atoms with Crippen LogP contribution in [0.1, 0.15) is 30.5 Å². The van der Waals surface area contributed by atoms with Crippen molar-refractivity contribution in [1.29, 1.82) is 0 Å². The van der Waals surface area contributed by atoms with Gasteiger partial charge in [0.2, 0.25) is 0 Å². The van der Waals surface area contributed by atoms with E-state index >= 15 is 0 Å². The molecule has 0 aliphatic rings. The van der Waals surface area contributed by atoms with Gasteiger partial charge < -0.3 is 15.4 Å². The molecule has 0 unspecified atom stereocenters. The van der Waals surface area contributed by atoms with Gasteiger partial charge in [-0.3, -0.25) is 0 Å². The molecule has 2 aromatic rings. The van der Waals surface area contributed by atoms with Gasteiger partial charge in [0.25, 0.3) is 0 Å². The smallest absolute Gasteiger partial charge is 0.191 e. The molecule has 31 heavy (non-hydrogen) atoms. The number of sulfone groups is 1. The molecule has 0 aromatic heterocycles. The largest absolute Gasteiger partial charge is 0.494 e. The number of hydrogen-bond donors (Lipinski definition) is 2. The minimum atomic E-state index is -3.23. The monoisotopic (exact) mass is 563 g/mol. The Balaban J connectivity index is 0.00000480. The predicted octanol–water partition coefficient (Wildman–Crippen LogP) is 3.68. The van der Waals surface area contributed by atoms with E-state index in [9.17, 15) is 12.8 Å². The number of guanidine groups is 1. The first-order valence-corrected chi connectivity index (χ1v) is 12.1. The number of benzene rings is 2. The van der Waals surface area contributed by atoms with E-state index in [0.717, 1.165) is 24.0 Å². The third kappa shape index (κ3) is 9.86. The summed E-state index contributed by atoms with van der Waals surface area (Å²) in [6.07, 6.45) is 1.91. The van der Waals surface area contributed by atoms with Crippen LogP contribution in [-0.2, 0) is 28.6 Å². The van der Waals surface area contributed by atoms with Crippen LogP contribution in [0.15, 0.2) is 47.5 Å². The number of rotatable bonds is 10. The maximum Gasteiger partial charge on any atom is 0.191 e. The summed E-state index contributed by atoms with van der Waals surface area (Å²) in [4.78, 5) is 4.51. The Kier molecular flexibility index (Phi) is 11.8. The molecular formula is C22H31FIN3O3S. The number of para-hydroxylation sites is 1. The van der Waals surface area contributed by atoms with Gasteiger partial charge in [0.1, 0.15) is 11.6 Å². The number of nitrogens with one attached hydrogen (secondary N) is 2. The van der Waals surface area contributed by atoms with Crippen molar-refractivity contribution in [3.8, 4) is 5.75 Å². The Morgan fingerprint density at radius 1 is 1.06 bits per heavy atom. The van der Waals surface area contributed by atoms with Gasteiger partial charge in [-0.15, -0.1) is 24.0 Å². The molecule has 172 valence electrons. The van der Waals surface area contributed by atoms with Crippen molar-refractivity contribution in [2.24, 2.45) is 4.99 Å². The lowest BCUT2D eigenvalue weighted by Gasteiger charge is -2.14. The van der Waals surface area contributed by atoms with Crippen LogP contribution in [0, 0.1) is 5.82 Å². The van der Waals surface area contributed by atoms with Crippen molar-refractivity contribution < 1.29 is 17.5 Å². The van der Waals surface area contributed by atoms with Crippen LogP contribution in [0.5, 0.6) is 5.75 Å². The molecule has 0 fully saturated rings. The van der Waals surface area contributed by atoms with E-state index < -0.39 is 15.7 Å². The number of hydrogen-bond acceptors (Lipinski definition) is 4. The summed E-state index contributed by atoms with van der Waals surface area (Å²) >= 11 is 0. The molecule has 0 aliphatic heterocycles. The number of ether oxygens (including phenoxy) is 1. The average molecular weight is 563 g/mol. The van der Waals surface area contributed by atoms with Crippen LogP contribution in [-0.4, -0.2) is 40.3 Å². The maximum atomic E-state index is 13.7. The standard InChI is InChI=1S/C22H30FN3O3S.HI/c1-4-24-22(25-13-12-17-8-6-7-9-21(17)29-5-2)26-15-19-14-20(23)11-10-18(19)16-30(3,27)28;/h6-11,14H,4-5,12-13,15-16H2,1-3H3,(H2,24,25,26);1H. The zero-order chi connectivity index (χ0) is 22.0. The van der Waals surface area contributed by atoms with Crippen molar-refractivity contribution in [1.82, 2.24) is 10.6 Å². The van der Waals surface area contributed by atoms with Gasteiger partial charge in [-0.05, 0) is 55.2 Å². The van der Waals surface area contributed by atoms with Gasteiger partial charge >= 0.3 is 0 Å². The molecule has 0 saturated carbocycles. The number of halogens is 2. The van der Waals surface area contributed by atoms with Gasteiger partial charge in [0.05, 0.1) is 18.9 Å². The third-order valence-electron chi connectivity index (χ3n) is 4.30. The summed E-state index contributed by atoms with van der Waals surface area (Å²) in [6.45, 7) is 6.00. The Morgan fingerprint density at radius 2 is 1.81 bits per heavy atom. The third-order valence-corrected chi connectivity index (χ3v) is 5.13. The summed E-state index contributed by atoms with van der Waals surface area (Å²) in [5, 5.41) is 6.42. The molecule has 0 atom stereocenters. The first-order valence-electron chi connectivity index (χ1n) is 10.00. The van der Waals surface area contributed by atoms with Crippen LogP contribution >= 0.6 is 24.0 Å². The molecule has 2 rings (SSSR count). The number of nitrogens with zero attached hydrogens (tertiary/aromatic N) is 1. The molecule has 2 aromatic carbocycles. The Labute approximate surface area is 201 Å². The highest BCUT2D eigenvalue weighted by atomic mass is 127. The van der Waals surface area contributed by atoms with E-state index in [-0.39, 0.29) is 36.3 Å². The van der Waals surface area contributed by atoms with E-state index in [2.05, 4.69) is 15.6 Å². The Morgan fingerprint density at radius 3 is 2.48 bits per heavy atom. The summed E-state index contributed by atoms with van der Waals surface area (Å²) in [6, 6.07) is 12.0. The van der Waals surface area contributed by atoms with Crippen molar-refractivity contribution in [3.63, 3.8) is 0 Å². The summed E-state index contributed by atoms with van der Waals surface area (Å²) < 4.78 is 42.7. The summed E-state index contributed by atoms with van der Waals surface area (Å²) in [7, 11) is -3.23. The topological polar surface area (TPSA) is 79.8 Å². The van der Waals surface area contributed by atoms with Gasteiger partial charge in [0.15, 0.2) is 15.8 Å². The SMILES string of the molecule is CCNC(=NCc1cc(F)ccc1CS(C)(=O)=O)NCCc1ccccc1OCC.I. The second kappa shape index (κ2) is 13.5. The lowest BCUT2D eigenvalue weighted by molar-refractivity contribution is 0.336. The van der Waals surface area contributed by atoms with Crippen molar-refractivity contribution in [2.45, 2.75) is 32.6 Å². The average Bonchev–Trinajstić information content (AvgIpc) is 2.68. The first-order chi connectivity index (χ1) is 14.3. The van der Waals surface area contributed by atoms with Crippen LogP contribution < -0.4 is 15.4 Å². The van der Waals surface area contributed by atoms with E-state index in [4.69, 9.17) is 4.74 Å².